The van der Waals surface area contributed by atoms with E-state index >= 15 is 0 Å². The number of rotatable bonds is 6. The van der Waals surface area contributed by atoms with Gasteiger partial charge in [-0.25, -0.2) is 0 Å². The van der Waals surface area contributed by atoms with Crippen LogP contribution in [0.1, 0.15) is 107 Å². The zero-order valence-electron chi connectivity index (χ0n) is 35.8. The second-order valence-electron chi connectivity index (χ2n) is 18.7. The number of fused-ring (bicyclic) bond motifs is 2. The van der Waals surface area contributed by atoms with E-state index in [0.717, 1.165) is 56.4 Å². The first-order chi connectivity index (χ1) is 27.5. The number of pyridine rings is 2. The summed E-state index contributed by atoms with van der Waals surface area (Å²) < 4.78 is 6.67. The number of hydrogen-bond acceptors (Lipinski definition) is 4. The monoisotopic (exact) mass is 954 g/mol. The SMILES string of the molecule is Cc1cccc(-c2[c-]c(Oc3[c-]c(C4(c5ccccn5)c5cc(C(C)(C)C)ccc5N(c5ccc(C(C)(C)C)cc5)c5ccc(C(C)(C)C)cc54)ccc3)ccc2)n1.[Pt+2]. The first kappa shape index (κ1) is 41.8. The van der Waals surface area contributed by atoms with E-state index < -0.39 is 5.41 Å². The molecule has 7 aromatic rings. The molecule has 0 radical (unpaired) electrons. The van der Waals surface area contributed by atoms with Crippen LogP contribution in [0.15, 0.2) is 140 Å². The number of benzene rings is 5. The smallest absolute Gasteiger partial charge is 0.503 e. The number of hydrogen-bond donors (Lipinski definition) is 0. The van der Waals surface area contributed by atoms with Crippen LogP contribution in [0.2, 0.25) is 0 Å². The third-order valence-electron chi connectivity index (χ3n) is 11.4. The van der Waals surface area contributed by atoms with Gasteiger partial charge in [0.25, 0.3) is 0 Å². The zero-order valence-corrected chi connectivity index (χ0v) is 38.1. The van der Waals surface area contributed by atoms with Crippen molar-refractivity contribution in [2.24, 2.45) is 0 Å². The predicted molar refractivity (Wildman–Crippen MR) is 239 cm³/mol. The molecule has 0 unspecified atom stereocenters. The van der Waals surface area contributed by atoms with Crippen LogP contribution in [0.5, 0.6) is 11.5 Å². The Balaban J connectivity index is 0.00000528. The standard InChI is InChI=1S/C54H53N3O.Pt/c1-36-16-13-21-47(56-36)37-17-14-19-43(32-37)58-44-20-15-18-41(33-44)54(50-22-11-12-31-55-50)45-34-39(52(5,6)7)25-29-48(45)57(42-27-23-38(24-28-42)51(2,3)4)49-30-26-40(35-46(49)54)53(8,9)10;/h11-31,34-35H,1-10H3;/q-2;+2. The minimum atomic E-state index is -0.868. The van der Waals surface area contributed by atoms with Crippen molar-refractivity contribution in [1.29, 1.82) is 0 Å². The maximum Gasteiger partial charge on any atom is 2.00 e. The molecule has 5 aromatic carbocycles. The summed E-state index contributed by atoms with van der Waals surface area (Å²) in [4.78, 5) is 12.4. The summed E-state index contributed by atoms with van der Waals surface area (Å²) in [6, 6.07) is 54.9. The molecule has 0 aliphatic carbocycles. The minimum absolute atomic E-state index is 0. The van der Waals surface area contributed by atoms with Gasteiger partial charge in [0.1, 0.15) is 0 Å². The van der Waals surface area contributed by atoms with Crippen LogP contribution in [0.4, 0.5) is 17.1 Å². The first-order valence-electron chi connectivity index (χ1n) is 20.3. The van der Waals surface area contributed by atoms with Gasteiger partial charge in [0, 0.05) is 29.1 Å². The number of nitrogens with zero attached hydrogens (tertiary/aromatic N) is 3. The van der Waals surface area contributed by atoms with Crippen LogP contribution >= 0.6 is 0 Å². The molecule has 1 aliphatic rings. The van der Waals surface area contributed by atoms with Crippen molar-refractivity contribution in [3.8, 4) is 22.8 Å². The Morgan fingerprint density at radius 2 is 1.12 bits per heavy atom. The Labute approximate surface area is 366 Å². The van der Waals surface area contributed by atoms with E-state index in [1.165, 1.54) is 16.7 Å². The van der Waals surface area contributed by atoms with Crippen molar-refractivity contribution in [2.75, 3.05) is 4.90 Å². The van der Waals surface area contributed by atoms with Crippen LogP contribution in [0, 0.1) is 19.1 Å². The van der Waals surface area contributed by atoms with Gasteiger partial charge in [-0.05, 0) is 99.1 Å². The molecule has 0 spiro atoms. The van der Waals surface area contributed by atoms with E-state index in [2.05, 4.69) is 164 Å². The average molecular weight is 955 g/mol. The molecule has 8 rings (SSSR count). The molecule has 59 heavy (non-hydrogen) atoms. The van der Waals surface area contributed by atoms with Gasteiger partial charge in [-0.15, -0.1) is 41.5 Å². The summed E-state index contributed by atoms with van der Waals surface area (Å²) in [5.41, 5.74) is 12.9. The zero-order chi connectivity index (χ0) is 41.0. The van der Waals surface area contributed by atoms with E-state index in [1.54, 1.807) is 0 Å². The molecule has 0 bridgehead atoms. The van der Waals surface area contributed by atoms with E-state index in [4.69, 9.17) is 14.7 Å². The summed E-state index contributed by atoms with van der Waals surface area (Å²) in [5, 5.41) is 0. The van der Waals surface area contributed by atoms with E-state index in [9.17, 15) is 0 Å². The molecule has 0 amide bonds. The molecule has 2 aromatic heterocycles. The third-order valence-corrected chi connectivity index (χ3v) is 11.4. The fraction of sp³-hybridized carbons (Fsp3) is 0.259. The van der Waals surface area contributed by atoms with Gasteiger partial charge in [0.15, 0.2) is 0 Å². The number of ether oxygens (including phenoxy) is 1. The Morgan fingerprint density at radius 1 is 0.559 bits per heavy atom. The van der Waals surface area contributed by atoms with Crippen molar-refractivity contribution in [3.63, 3.8) is 0 Å². The normalized spacial score (nSPS) is 13.6. The van der Waals surface area contributed by atoms with E-state index in [0.29, 0.717) is 11.5 Å². The summed E-state index contributed by atoms with van der Waals surface area (Å²) in [6.07, 6.45) is 1.91. The number of aryl methyl sites for hydroxylation is 1. The molecule has 5 heteroatoms. The van der Waals surface area contributed by atoms with Crippen molar-refractivity contribution in [2.45, 2.75) is 90.9 Å². The van der Waals surface area contributed by atoms with Gasteiger partial charge in [0.2, 0.25) is 0 Å². The maximum absolute atomic E-state index is 6.67. The van der Waals surface area contributed by atoms with Gasteiger partial charge < -0.3 is 14.6 Å². The molecule has 0 saturated carbocycles. The Hall–Kier alpha value is -5.31. The molecule has 1 aliphatic heterocycles. The van der Waals surface area contributed by atoms with Crippen LogP contribution < -0.4 is 9.64 Å². The second-order valence-corrected chi connectivity index (χ2v) is 18.7. The van der Waals surface area contributed by atoms with Gasteiger partial charge in [0.05, 0.1) is 22.5 Å². The van der Waals surface area contributed by atoms with Gasteiger partial charge in [-0.3, -0.25) is 4.98 Å². The third kappa shape index (κ3) is 7.93. The Bertz CT molecular complexity index is 2540. The number of aromatic nitrogens is 2. The number of anilines is 3. The van der Waals surface area contributed by atoms with Crippen LogP contribution in [-0.4, -0.2) is 9.97 Å². The molecule has 0 saturated heterocycles. The average Bonchev–Trinajstić information content (AvgIpc) is 3.19. The minimum Gasteiger partial charge on any atom is -0.503 e. The maximum atomic E-state index is 6.67. The summed E-state index contributed by atoms with van der Waals surface area (Å²) in [7, 11) is 0. The largest absolute Gasteiger partial charge is 2.00 e. The van der Waals surface area contributed by atoms with Crippen LogP contribution in [0.3, 0.4) is 0 Å². The molecule has 4 nitrogen and oxygen atoms in total. The fourth-order valence-electron chi connectivity index (χ4n) is 8.14. The molecular weight excluding hydrogens is 902 g/mol. The summed E-state index contributed by atoms with van der Waals surface area (Å²) in [6.45, 7) is 22.5. The second kappa shape index (κ2) is 15.7. The predicted octanol–water partition coefficient (Wildman–Crippen LogP) is 13.9. The topological polar surface area (TPSA) is 38.2 Å². The van der Waals surface area contributed by atoms with E-state index in [1.807, 2.05) is 61.7 Å². The van der Waals surface area contributed by atoms with Crippen molar-refractivity contribution in [1.82, 2.24) is 9.97 Å². The van der Waals surface area contributed by atoms with Crippen LogP contribution in [0.25, 0.3) is 11.3 Å². The molecule has 300 valence electrons. The van der Waals surface area contributed by atoms with E-state index in [-0.39, 0.29) is 37.3 Å². The van der Waals surface area contributed by atoms with Gasteiger partial charge in [-0.2, -0.15) is 12.1 Å². The summed E-state index contributed by atoms with van der Waals surface area (Å²) >= 11 is 0. The molecule has 0 atom stereocenters. The van der Waals surface area contributed by atoms with Crippen molar-refractivity contribution < 1.29 is 25.8 Å². The molecule has 0 fully saturated rings. The van der Waals surface area contributed by atoms with Gasteiger partial charge in [-0.1, -0.05) is 123 Å². The van der Waals surface area contributed by atoms with Gasteiger partial charge >= 0.3 is 21.1 Å². The van der Waals surface area contributed by atoms with Crippen molar-refractivity contribution >= 4 is 17.1 Å². The van der Waals surface area contributed by atoms with Crippen molar-refractivity contribution in [3.05, 3.63) is 197 Å². The quantitative estimate of drug-likeness (QED) is 0.156. The fourth-order valence-corrected chi connectivity index (χ4v) is 8.14. The molecular formula is C54H53N3OPt. The Morgan fingerprint density at radius 3 is 1.68 bits per heavy atom. The molecule has 3 heterocycles. The molecule has 0 N–H and O–H groups in total. The Kier molecular flexibility index (Phi) is 11.1. The first-order valence-corrected chi connectivity index (χ1v) is 20.3. The summed E-state index contributed by atoms with van der Waals surface area (Å²) in [5.74, 6) is 1.20. The van der Waals surface area contributed by atoms with Crippen LogP contribution in [-0.2, 0) is 42.7 Å².